The van der Waals surface area contributed by atoms with Gasteiger partial charge in [0.15, 0.2) is 0 Å². The maximum absolute atomic E-state index is 12.9. The molecule has 8 heteroatoms. The third kappa shape index (κ3) is 3.79. The highest BCUT2D eigenvalue weighted by atomic mass is 79.9. The van der Waals surface area contributed by atoms with Gasteiger partial charge in [-0.2, -0.15) is 4.31 Å². The number of nitrogens with zero attached hydrogens (tertiary/aromatic N) is 1. The van der Waals surface area contributed by atoms with Gasteiger partial charge in [0, 0.05) is 28.6 Å². The van der Waals surface area contributed by atoms with Gasteiger partial charge in [-0.3, -0.25) is 0 Å². The van der Waals surface area contributed by atoms with Crippen LogP contribution in [0.15, 0.2) is 26.0 Å². The van der Waals surface area contributed by atoms with Crippen LogP contribution < -0.4 is 5.73 Å². The Labute approximate surface area is 142 Å². The molecule has 1 heterocycles. The van der Waals surface area contributed by atoms with Crippen molar-refractivity contribution in [1.29, 1.82) is 0 Å². The summed E-state index contributed by atoms with van der Waals surface area (Å²) in [6, 6.07) is 3.29. The summed E-state index contributed by atoms with van der Waals surface area (Å²) in [5.41, 5.74) is 6.15. The summed E-state index contributed by atoms with van der Waals surface area (Å²) in [6.07, 6.45) is 0.892. The lowest BCUT2D eigenvalue weighted by atomic mass is 10.1. The first-order chi connectivity index (χ1) is 9.86. The highest BCUT2D eigenvalue weighted by Gasteiger charge is 2.31. The molecule has 0 amide bonds. The van der Waals surface area contributed by atoms with E-state index in [2.05, 4.69) is 31.9 Å². The lowest BCUT2D eigenvalue weighted by Gasteiger charge is -2.24. The lowest BCUT2D eigenvalue weighted by molar-refractivity contribution is 0.181. The van der Waals surface area contributed by atoms with Crippen LogP contribution in [0.4, 0.5) is 5.69 Å². The van der Waals surface area contributed by atoms with Crippen LogP contribution in [0.5, 0.6) is 0 Å². The van der Waals surface area contributed by atoms with Crippen LogP contribution in [-0.2, 0) is 14.8 Å². The van der Waals surface area contributed by atoms with Gasteiger partial charge in [0.25, 0.3) is 0 Å². The Bertz CT molecular complexity index is 593. The van der Waals surface area contributed by atoms with Crippen molar-refractivity contribution in [3.8, 4) is 0 Å². The molecule has 2 rings (SSSR count). The number of ether oxygens (including phenoxy) is 1. The number of benzene rings is 1. The van der Waals surface area contributed by atoms with Gasteiger partial charge in [0.2, 0.25) is 10.0 Å². The molecule has 1 aliphatic heterocycles. The van der Waals surface area contributed by atoms with E-state index < -0.39 is 10.0 Å². The molecule has 0 bridgehead atoms. The summed E-state index contributed by atoms with van der Waals surface area (Å²) in [5.74, 6) is 0.246. The number of nitrogens with two attached hydrogens (primary N) is 1. The van der Waals surface area contributed by atoms with E-state index in [1.54, 1.807) is 12.1 Å². The molecule has 1 atom stereocenters. The number of halogens is 2. The minimum atomic E-state index is -3.63. The van der Waals surface area contributed by atoms with Gasteiger partial charge in [-0.1, -0.05) is 22.9 Å². The number of nitrogen functional groups attached to an aromatic ring is 1. The quantitative estimate of drug-likeness (QED) is 0.713. The minimum Gasteiger partial charge on any atom is -0.398 e. The van der Waals surface area contributed by atoms with Crippen molar-refractivity contribution >= 4 is 47.6 Å². The van der Waals surface area contributed by atoms with Crippen LogP contribution in [0, 0.1) is 5.92 Å². The van der Waals surface area contributed by atoms with E-state index >= 15 is 0 Å². The third-order valence-corrected chi connectivity index (χ3v) is 6.88. The van der Waals surface area contributed by atoms with Crippen LogP contribution in [0.25, 0.3) is 0 Å². The second-order valence-corrected chi connectivity index (χ2v) is 8.64. The van der Waals surface area contributed by atoms with Gasteiger partial charge in [-0.05, 0) is 40.4 Å². The number of hydrogen-bond acceptors (Lipinski definition) is 4. The fraction of sp³-hybridized carbons (Fsp3) is 0.538. The minimum absolute atomic E-state index is 0.131. The Morgan fingerprint density at radius 3 is 2.67 bits per heavy atom. The van der Waals surface area contributed by atoms with Crippen molar-refractivity contribution in [1.82, 2.24) is 4.31 Å². The molecule has 0 spiro atoms. The van der Waals surface area contributed by atoms with Gasteiger partial charge in [-0.25, -0.2) is 8.42 Å². The Hall–Kier alpha value is -0.150. The summed E-state index contributed by atoms with van der Waals surface area (Å²) >= 11 is 6.61. The summed E-state index contributed by atoms with van der Waals surface area (Å²) < 4.78 is 33.7. The molecule has 1 aromatic rings. The van der Waals surface area contributed by atoms with Gasteiger partial charge >= 0.3 is 0 Å². The predicted molar refractivity (Wildman–Crippen MR) is 89.6 cm³/mol. The number of hydrogen-bond donors (Lipinski definition) is 1. The van der Waals surface area contributed by atoms with Crippen LogP contribution in [0.3, 0.4) is 0 Å². The second-order valence-electron chi connectivity index (χ2n) is 4.99. The molecule has 2 N–H and O–H groups in total. The highest BCUT2D eigenvalue weighted by Crippen LogP contribution is 2.34. The van der Waals surface area contributed by atoms with Crippen molar-refractivity contribution in [3.05, 3.63) is 21.1 Å². The Balaban J connectivity index is 2.35. The average Bonchev–Trinajstić information content (AvgIpc) is 2.86. The molecule has 0 aromatic heterocycles. The molecule has 118 valence electrons. The van der Waals surface area contributed by atoms with Crippen molar-refractivity contribution in [2.75, 3.05) is 32.0 Å². The number of sulfonamides is 1. The predicted octanol–water partition coefficient (Wildman–Crippen LogP) is 2.84. The largest absolute Gasteiger partial charge is 0.398 e. The van der Waals surface area contributed by atoms with Gasteiger partial charge in [-0.15, -0.1) is 0 Å². The van der Waals surface area contributed by atoms with E-state index in [0.717, 1.165) is 10.9 Å². The number of anilines is 1. The highest BCUT2D eigenvalue weighted by molar-refractivity contribution is 9.11. The number of rotatable bonds is 5. The van der Waals surface area contributed by atoms with E-state index in [-0.39, 0.29) is 16.5 Å². The normalized spacial score (nSPS) is 19.3. The molecule has 1 aliphatic rings. The zero-order valence-corrected chi connectivity index (χ0v) is 15.7. The summed E-state index contributed by atoms with van der Waals surface area (Å²) in [5, 5.41) is 0. The third-order valence-electron chi connectivity index (χ3n) is 3.47. The zero-order chi connectivity index (χ0) is 15.6. The van der Waals surface area contributed by atoms with Gasteiger partial charge in [0.05, 0.1) is 12.3 Å². The fourth-order valence-electron chi connectivity index (χ4n) is 2.39. The fourth-order valence-corrected chi connectivity index (χ4v) is 5.93. The second kappa shape index (κ2) is 6.95. The van der Waals surface area contributed by atoms with Crippen molar-refractivity contribution in [2.45, 2.75) is 18.2 Å². The Morgan fingerprint density at radius 2 is 2.14 bits per heavy atom. The molecule has 1 unspecified atom stereocenters. The summed E-state index contributed by atoms with van der Waals surface area (Å²) in [6.45, 7) is 4.01. The van der Waals surface area contributed by atoms with Crippen LogP contribution >= 0.6 is 31.9 Å². The van der Waals surface area contributed by atoms with Crippen molar-refractivity contribution in [2.24, 2.45) is 5.92 Å². The van der Waals surface area contributed by atoms with E-state index in [1.807, 2.05) is 6.92 Å². The maximum Gasteiger partial charge on any atom is 0.246 e. The topological polar surface area (TPSA) is 72.6 Å². The molecule has 0 saturated carbocycles. The van der Waals surface area contributed by atoms with E-state index in [9.17, 15) is 8.42 Å². The average molecular weight is 442 g/mol. The molecule has 21 heavy (non-hydrogen) atoms. The molecule has 1 fully saturated rings. The SMILES string of the molecule is CCN(CC1CCOC1)S(=O)(=O)c1c(N)cc(Br)cc1Br. The molecule has 0 aliphatic carbocycles. The lowest BCUT2D eigenvalue weighted by Crippen LogP contribution is -2.36. The standard InChI is InChI=1S/C13H18Br2N2O3S/c1-2-17(7-9-3-4-20-8-9)21(18,19)13-11(15)5-10(14)6-12(13)16/h5-6,9H,2-4,7-8,16H2,1H3. The van der Waals surface area contributed by atoms with Crippen LogP contribution in [-0.4, -0.2) is 39.0 Å². The Morgan fingerprint density at radius 1 is 1.43 bits per heavy atom. The van der Waals surface area contributed by atoms with Gasteiger partial charge < -0.3 is 10.5 Å². The molecule has 1 saturated heterocycles. The van der Waals surface area contributed by atoms with E-state index in [0.29, 0.717) is 30.8 Å². The first kappa shape index (κ1) is 17.2. The first-order valence-electron chi connectivity index (χ1n) is 6.68. The van der Waals surface area contributed by atoms with Crippen molar-refractivity contribution in [3.63, 3.8) is 0 Å². The van der Waals surface area contributed by atoms with Crippen molar-refractivity contribution < 1.29 is 13.2 Å². The molecular weight excluding hydrogens is 424 g/mol. The summed E-state index contributed by atoms with van der Waals surface area (Å²) in [4.78, 5) is 0.131. The molecule has 5 nitrogen and oxygen atoms in total. The first-order valence-corrected chi connectivity index (χ1v) is 9.71. The smallest absolute Gasteiger partial charge is 0.246 e. The monoisotopic (exact) mass is 440 g/mol. The maximum atomic E-state index is 12.9. The summed E-state index contributed by atoms with van der Waals surface area (Å²) in [7, 11) is -3.63. The van der Waals surface area contributed by atoms with E-state index in [4.69, 9.17) is 10.5 Å². The van der Waals surface area contributed by atoms with Crippen LogP contribution in [0.1, 0.15) is 13.3 Å². The van der Waals surface area contributed by atoms with Gasteiger partial charge in [0.1, 0.15) is 4.90 Å². The zero-order valence-electron chi connectivity index (χ0n) is 11.7. The molecule has 1 aromatic carbocycles. The van der Waals surface area contributed by atoms with E-state index in [1.165, 1.54) is 4.31 Å². The molecule has 0 radical (unpaired) electrons. The van der Waals surface area contributed by atoms with Crippen LogP contribution in [0.2, 0.25) is 0 Å². The Kier molecular flexibility index (Phi) is 5.70. The molecular formula is C13H18Br2N2O3S.